The number of ether oxygens (including phenoxy) is 2. The summed E-state index contributed by atoms with van der Waals surface area (Å²) in [6, 6.07) is 8.09. The summed E-state index contributed by atoms with van der Waals surface area (Å²) in [4.78, 5) is 11.6. The van der Waals surface area contributed by atoms with Gasteiger partial charge in [0, 0.05) is 18.5 Å². The fourth-order valence-electron chi connectivity index (χ4n) is 5.19. The van der Waals surface area contributed by atoms with Crippen molar-refractivity contribution in [1.29, 1.82) is 0 Å². The summed E-state index contributed by atoms with van der Waals surface area (Å²) < 4.78 is 105. The van der Waals surface area contributed by atoms with Crippen LogP contribution in [0.3, 0.4) is 0 Å². The predicted molar refractivity (Wildman–Crippen MR) is 133 cm³/mol. The number of carbonyl (C=O) groups excluding carboxylic acids is 1. The molecule has 0 radical (unpaired) electrons. The molecule has 2 aromatic carbocycles. The van der Waals surface area contributed by atoms with Crippen molar-refractivity contribution in [2.45, 2.75) is 61.9 Å². The summed E-state index contributed by atoms with van der Waals surface area (Å²) >= 11 is 0. The van der Waals surface area contributed by atoms with E-state index in [4.69, 9.17) is 9.47 Å². The lowest BCUT2D eigenvalue weighted by Crippen LogP contribution is -2.46. The molecule has 0 aromatic heterocycles. The molecule has 1 saturated carbocycles. The summed E-state index contributed by atoms with van der Waals surface area (Å²) in [7, 11) is -9.96. The van der Waals surface area contributed by atoms with Gasteiger partial charge < -0.3 is 13.7 Å². The fraction of sp³-hybridized carbons (Fsp3) is 0.480. The van der Waals surface area contributed by atoms with Gasteiger partial charge in [0.1, 0.15) is 11.5 Å². The Kier molecular flexibility index (Phi) is 7.94. The lowest BCUT2D eigenvalue weighted by atomic mass is 9.74. The first-order valence-corrected chi connectivity index (χ1v) is 15.1. The minimum atomic E-state index is -5.88. The number of sulfonamides is 1. The Morgan fingerprint density at radius 1 is 1.05 bits per heavy atom. The summed E-state index contributed by atoms with van der Waals surface area (Å²) in [5.41, 5.74) is -4.52. The third-order valence-electron chi connectivity index (χ3n) is 6.96. The van der Waals surface area contributed by atoms with Gasteiger partial charge in [-0.2, -0.15) is 25.9 Å². The van der Waals surface area contributed by atoms with Crippen molar-refractivity contribution in [2.75, 3.05) is 19.8 Å². The van der Waals surface area contributed by atoms with Crippen LogP contribution in [0.15, 0.2) is 41.3 Å². The van der Waals surface area contributed by atoms with Crippen molar-refractivity contribution in [3.05, 3.63) is 53.1 Å². The Balaban J connectivity index is 1.64. The average molecular weight is 592 g/mol. The molecule has 0 N–H and O–H groups in total. The largest absolute Gasteiger partial charge is 0.534 e. The van der Waals surface area contributed by atoms with E-state index >= 15 is 0 Å². The first-order chi connectivity index (χ1) is 18.2. The normalized spacial score (nSPS) is 17.6. The Morgan fingerprint density at radius 3 is 2.36 bits per heavy atom. The standard InChI is InChI=1S/C25H28F3NO8S2/c1-3-35-23(30)15-36-22-9-7-20(12-17(22)2)38(31,32)29-14-18-13-19(37-39(33,34)25(26,27)28)6-8-21(18)24(16-29)10-4-5-11-24/h6-9,12-13H,3-5,10-11,14-16H2,1-2H3. The molecule has 1 spiro atoms. The molecule has 0 atom stereocenters. The maximum absolute atomic E-state index is 13.7. The number of hydrogen-bond donors (Lipinski definition) is 0. The zero-order valence-corrected chi connectivity index (χ0v) is 22.9. The van der Waals surface area contributed by atoms with E-state index in [1.54, 1.807) is 13.8 Å². The van der Waals surface area contributed by atoms with Gasteiger partial charge in [0.25, 0.3) is 0 Å². The smallest absolute Gasteiger partial charge is 0.482 e. The van der Waals surface area contributed by atoms with Crippen LogP contribution in [0.2, 0.25) is 0 Å². The van der Waals surface area contributed by atoms with E-state index in [1.807, 2.05) is 0 Å². The number of hydrogen-bond acceptors (Lipinski definition) is 8. The minimum Gasteiger partial charge on any atom is -0.482 e. The van der Waals surface area contributed by atoms with Crippen molar-refractivity contribution >= 4 is 26.1 Å². The topological polar surface area (TPSA) is 116 Å². The average Bonchev–Trinajstić information content (AvgIpc) is 3.30. The zero-order valence-electron chi connectivity index (χ0n) is 21.3. The SMILES string of the molecule is CCOC(=O)COc1ccc(S(=O)(=O)N2Cc3cc(OS(=O)(=O)C(F)(F)F)ccc3C3(CCCC3)C2)cc1C. The molecular weight excluding hydrogens is 563 g/mol. The zero-order chi connectivity index (χ0) is 28.6. The number of halogens is 3. The second-order valence-corrected chi connectivity index (χ2v) is 13.1. The molecule has 214 valence electrons. The molecule has 0 saturated heterocycles. The van der Waals surface area contributed by atoms with E-state index in [-0.39, 0.29) is 31.2 Å². The van der Waals surface area contributed by atoms with Crippen molar-refractivity contribution in [3.63, 3.8) is 0 Å². The van der Waals surface area contributed by atoms with Crippen LogP contribution in [0.1, 0.15) is 49.3 Å². The van der Waals surface area contributed by atoms with Crippen molar-refractivity contribution in [1.82, 2.24) is 4.31 Å². The number of esters is 1. The molecule has 2 aromatic rings. The molecule has 1 aliphatic carbocycles. The van der Waals surface area contributed by atoms with Crippen LogP contribution < -0.4 is 8.92 Å². The lowest BCUT2D eigenvalue weighted by Gasteiger charge is -2.41. The molecule has 2 aliphatic rings. The molecule has 4 rings (SSSR count). The highest BCUT2D eigenvalue weighted by molar-refractivity contribution is 7.89. The van der Waals surface area contributed by atoms with E-state index in [0.717, 1.165) is 24.5 Å². The van der Waals surface area contributed by atoms with Gasteiger partial charge in [-0.1, -0.05) is 18.9 Å². The highest BCUT2D eigenvalue weighted by Gasteiger charge is 2.49. The van der Waals surface area contributed by atoms with Gasteiger partial charge >= 0.3 is 21.6 Å². The second kappa shape index (κ2) is 10.6. The molecule has 14 heteroatoms. The number of alkyl halides is 3. The number of carbonyl (C=O) groups is 1. The highest BCUT2D eigenvalue weighted by atomic mass is 32.2. The maximum atomic E-state index is 13.7. The van der Waals surface area contributed by atoms with E-state index in [2.05, 4.69) is 4.18 Å². The van der Waals surface area contributed by atoms with E-state index < -0.39 is 42.8 Å². The molecule has 0 bridgehead atoms. The van der Waals surface area contributed by atoms with Gasteiger partial charge in [0.15, 0.2) is 6.61 Å². The molecule has 1 aliphatic heterocycles. The molecule has 0 amide bonds. The minimum absolute atomic E-state index is 0.0212. The quantitative estimate of drug-likeness (QED) is 0.255. The number of fused-ring (bicyclic) bond motifs is 2. The number of nitrogens with zero attached hydrogens (tertiary/aromatic N) is 1. The van der Waals surface area contributed by atoms with E-state index in [0.29, 0.717) is 29.7 Å². The molecule has 1 fully saturated rings. The molecule has 1 heterocycles. The molecular formula is C25H28F3NO8S2. The lowest BCUT2D eigenvalue weighted by molar-refractivity contribution is -0.145. The van der Waals surface area contributed by atoms with Crippen LogP contribution in [-0.4, -0.2) is 52.4 Å². The van der Waals surface area contributed by atoms with Gasteiger partial charge in [0.05, 0.1) is 11.5 Å². The van der Waals surface area contributed by atoms with Crippen LogP contribution in [-0.2, 0) is 41.6 Å². The second-order valence-electron chi connectivity index (χ2n) is 9.58. The van der Waals surface area contributed by atoms with Crippen molar-refractivity contribution in [2.24, 2.45) is 0 Å². The monoisotopic (exact) mass is 591 g/mol. The Hall–Kier alpha value is -2.84. The van der Waals surface area contributed by atoms with Gasteiger partial charge in [-0.15, -0.1) is 0 Å². The van der Waals surface area contributed by atoms with Gasteiger partial charge in [-0.3, -0.25) is 0 Å². The number of aryl methyl sites for hydroxylation is 1. The summed E-state index contributed by atoms with van der Waals surface area (Å²) in [6.07, 6.45) is 3.04. The van der Waals surface area contributed by atoms with Crippen LogP contribution in [0.5, 0.6) is 11.5 Å². The summed E-state index contributed by atoms with van der Waals surface area (Å²) in [5.74, 6) is -0.794. The maximum Gasteiger partial charge on any atom is 0.534 e. The molecule has 39 heavy (non-hydrogen) atoms. The predicted octanol–water partition coefficient (Wildman–Crippen LogP) is 4.18. The van der Waals surface area contributed by atoms with Crippen LogP contribution in [0.4, 0.5) is 13.2 Å². The summed E-state index contributed by atoms with van der Waals surface area (Å²) in [5, 5.41) is 0. The third-order valence-corrected chi connectivity index (χ3v) is 9.73. The fourth-order valence-corrected chi connectivity index (χ4v) is 7.24. The van der Waals surface area contributed by atoms with Crippen LogP contribution in [0, 0.1) is 6.92 Å². The number of benzene rings is 2. The van der Waals surface area contributed by atoms with Crippen LogP contribution in [0.25, 0.3) is 0 Å². The molecule has 9 nitrogen and oxygen atoms in total. The highest BCUT2D eigenvalue weighted by Crippen LogP contribution is 2.48. The van der Waals surface area contributed by atoms with Gasteiger partial charge in [-0.25, -0.2) is 13.2 Å². The van der Waals surface area contributed by atoms with Gasteiger partial charge in [0.2, 0.25) is 10.0 Å². The van der Waals surface area contributed by atoms with Crippen LogP contribution >= 0.6 is 0 Å². The third kappa shape index (κ3) is 5.87. The first kappa shape index (κ1) is 29.2. The first-order valence-electron chi connectivity index (χ1n) is 12.2. The Bertz CT molecular complexity index is 1470. The van der Waals surface area contributed by atoms with E-state index in [1.165, 1.54) is 34.6 Å². The van der Waals surface area contributed by atoms with Gasteiger partial charge in [-0.05, 0) is 73.7 Å². The van der Waals surface area contributed by atoms with Crippen molar-refractivity contribution in [3.8, 4) is 11.5 Å². The van der Waals surface area contributed by atoms with Crippen molar-refractivity contribution < 1.29 is 48.5 Å². The number of rotatable bonds is 8. The summed E-state index contributed by atoms with van der Waals surface area (Å²) in [6.45, 7) is 3.15. The van der Waals surface area contributed by atoms with E-state index in [9.17, 15) is 34.8 Å². The molecule has 0 unspecified atom stereocenters. The Labute approximate surface area is 225 Å². The Morgan fingerprint density at radius 2 is 1.74 bits per heavy atom.